The number of amides is 3. The van der Waals surface area contributed by atoms with Gasteiger partial charge in [0.1, 0.15) is 0 Å². The molecule has 1 unspecified atom stereocenters. The van der Waals surface area contributed by atoms with Gasteiger partial charge in [-0.2, -0.15) is 0 Å². The van der Waals surface area contributed by atoms with Crippen LogP contribution in [-0.4, -0.2) is 60.5 Å². The summed E-state index contributed by atoms with van der Waals surface area (Å²) in [5, 5.41) is 5.97. The molecular weight excluding hydrogens is 316 g/mol. The molecule has 0 radical (unpaired) electrons. The maximum Gasteiger partial charge on any atom is 0.317 e. The molecule has 1 aromatic rings. The van der Waals surface area contributed by atoms with Gasteiger partial charge in [0, 0.05) is 37.6 Å². The normalized spacial score (nSPS) is 22.1. The van der Waals surface area contributed by atoms with Crippen molar-refractivity contribution < 1.29 is 9.59 Å². The van der Waals surface area contributed by atoms with Gasteiger partial charge >= 0.3 is 6.03 Å². The van der Waals surface area contributed by atoms with Crippen LogP contribution < -0.4 is 10.6 Å². The van der Waals surface area contributed by atoms with E-state index in [9.17, 15) is 9.59 Å². The second-order valence-electron chi connectivity index (χ2n) is 7.80. The minimum atomic E-state index is -0.0862. The third kappa shape index (κ3) is 3.95. The van der Waals surface area contributed by atoms with E-state index in [-0.39, 0.29) is 29.4 Å². The Morgan fingerprint density at radius 2 is 1.88 bits per heavy atom. The molecule has 1 atom stereocenters. The summed E-state index contributed by atoms with van der Waals surface area (Å²) in [4.78, 5) is 28.6. The molecule has 0 saturated carbocycles. The molecule has 0 aromatic heterocycles. The fourth-order valence-electron chi connectivity index (χ4n) is 3.96. The first kappa shape index (κ1) is 17.7. The van der Waals surface area contributed by atoms with Crippen LogP contribution in [0.4, 0.5) is 4.79 Å². The summed E-state index contributed by atoms with van der Waals surface area (Å²) < 4.78 is 0. The van der Waals surface area contributed by atoms with Crippen molar-refractivity contribution in [2.24, 2.45) is 5.41 Å². The van der Waals surface area contributed by atoms with Crippen LogP contribution in [0.25, 0.3) is 0 Å². The number of carbonyl (C=O) groups is 2. The molecule has 2 fully saturated rings. The third-order valence-corrected chi connectivity index (χ3v) is 5.10. The second kappa shape index (κ2) is 7.04. The van der Waals surface area contributed by atoms with Gasteiger partial charge in [-0.25, -0.2) is 4.79 Å². The fraction of sp³-hybridized carbons (Fsp3) is 0.579. The smallest absolute Gasteiger partial charge is 0.317 e. The molecule has 0 bridgehead atoms. The van der Waals surface area contributed by atoms with Crippen LogP contribution >= 0.6 is 0 Å². The molecular formula is C19H28N4O2. The van der Waals surface area contributed by atoms with Crippen LogP contribution in [0.2, 0.25) is 0 Å². The molecule has 3 rings (SSSR count). The highest BCUT2D eigenvalue weighted by Crippen LogP contribution is 2.42. The maximum absolute atomic E-state index is 12.3. The number of likely N-dealkylation sites (tertiary alicyclic amines) is 2. The lowest BCUT2D eigenvalue weighted by atomic mass is 9.78. The van der Waals surface area contributed by atoms with E-state index in [2.05, 4.69) is 15.5 Å². The molecule has 1 aromatic carbocycles. The van der Waals surface area contributed by atoms with E-state index in [0.29, 0.717) is 6.54 Å². The average Bonchev–Trinajstić information content (AvgIpc) is 2.89. The number of urea groups is 1. The molecule has 0 aliphatic carbocycles. The largest absolute Gasteiger partial charge is 0.353 e. The van der Waals surface area contributed by atoms with Crippen molar-refractivity contribution in [3.05, 3.63) is 35.9 Å². The number of nitrogens with one attached hydrogen (secondary N) is 2. The van der Waals surface area contributed by atoms with Crippen molar-refractivity contribution in [2.75, 3.05) is 26.7 Å². The van der Waals surface area contributed by atoms with Crippen LogP contribution in [-0.2, 0) is 11.3 Å². The van der Waals surface area contributed by atoms with E-state index in [1.807, 2.05) is 56.1 Å². The Morgan fingerprint density at radius 1 is 1.20 bits per heavy atom. The van der Waals surface area contributed by atoms with Crippen molar-refractivity contribution in [1.82, 2.24) is 20.4 Å². The summed E-state index contributed by atoms with van der Waals surface area (Å²) in [6.07, 6.45) is 0.824. The molecule has 6 heteroatoms. The summed E-state index contributed by atoms with van der Waals surface area (Å²) in [5.41, 5.74) is 1.16. The van der Waals surface area contributed by atoms with Crippen LogP contribution in [0, 0.1) is 5.41 Å². The number of hydrogen-bond donors (Lipinski definition) is 2. The zero-order valence-electron chi connectivity index (χ0n) is 15.3. The van der Waals surface area contributed by atoms with E-state index >= 15 is 0 Å². The number of hydrogen-bond acceptors (Lipinski definition) is 3. The molecule has 2 N–H and O–H groups in total. The van der Waals surface area contributed by atoms with Gasteiger partial charge in [0.15, 0.2) is 0 Å². The lowest BCUT2D eigenvalue weighted by Crippen LogP contribution is -2.61. The Labute approximate surface area is 149 Å². The summed E-state index contributed by atoms with van der Waals surface area (Å²) in [7, 11) is 2.00. The zero-order valence-corrected chi connectivity index (χ0v) is 15.3. The topological polar surface area (TPSA) is 64.7 Å². The lowest BCUT2D eigenvalue weighted by molar-refractivity contribution is -0.125. The highest BCUT2D eigenvalue weighted by Gasteiger charge is 2.53. The van der Waals surface area contributed by atoms with Crippen molar-refractivity contribution in [1.29, 1.82) is 0 Å². The van der Waals surface area contributed by atoms with Crippen LogP contribution in [0.3, 0.4) is 0 Å². The quantitative estimate of drug-likeness (QED) is 0.868. The summed E-state index contributed by atoms with van der Waals surface area (Å²) in [6.45, 7) is 6.82. The van der Waals surface area contributed by atoms with Gasteiger partial charge in [-0.1, -0.05) is 30.3 Å². The molecule has 3 amide bonds. The molecule has 25 heavy (non-hydrogen) atoms. The van der Waals surface area contributed by atoms with E-state index in [0.717, 1.165) is 31.6 Å². The predicted molar refractivity (Wildman–Crippen MR) is 97.0 cm³/mol. The Kier molecular flexibility index (Phi) is 4.99. The van der Waals surface area contributed by atoms with Gasteiger partial charge in [0.2, 0.25) is 5.91 Å². The van der Waals surface area contributed by atoms with Gasteiger partial charge in [-0.05, 0) is 32.9 Å². The number of benzene rings is 1. The lowest BCUT2D eigenvalue weighted by Gasteiger charge is -2.47. The molecule has 2 aliphatic rings. The van der Waals surface area contributed by atoms with Gasteiger partial charge in [0.05, 0.1) is 6.04 Å². The van der Waals surface area contributed by atoms with Gasteiger partial charge < -0.3 is 15.5 Å². The number of likely N-dealkylation sites (N-methyl/N-ethyl adjacent to an activating group) is 1. The minimum Gasteiger partial charge on any atom is -0.353 e. The molecule has 6 nitrogen and oxygen atoms in total. The highest BCUT2D eigenvalue weighted by molar-refractivity contribution is 5.82. The van der Waals surface area contributed by atoms with Crippen LogP contribution in [0.1, 0.15) is 25.8 Å². The zero-order chi connectivity index (χ0) is 18.0. The van der Waals surface area contributed by atoms with E-state index in [4.69, 9.17) is 0 Å². The standard InChI is InChI=1S/C19H28N4O2/c1-14(2)21-17(24)16-9-19(11-22(16)3)12-23(13-19)18(25)20-10-15-7-5-4-6-8-15/h4-8,14,16H,9-13H2,1-3H3,(H,20,25)(H,21,24). The summed E-state index contributed by atoms with van der Waals surface area (Å²) in [5.74, 6) is 0.0985. The second-order valence-corrected chi connectivity index (χ2v) is 7.80. The maximum atomic E-state index is 12.3. The monoisotopic (exact) mass is 344 g/mol. The molecule has 1 spiro atoms. The van der Waals surface area contributed by atoms with Crippen LogP contribution in [0.15, 0.2) is 30.3 Å². The van der Waals surface area contributed by atoms with E-state index < -0.39 is 0 Å². The molecule has 2 heterocycles. The number of nitrogens with zero attached hydrogens (tertiary/aromatic N) is 2. The first-order valence-electron chi connectivity index (χ1n) is 8.96. The first-order chi connectivity index (χ1) is 11.9. The summed E-state index contributed by atoms with van der Waals surface area (Å²) in [6, 6.07) is 9.95. The fourth-order valence-corrected chi connectivity index (χ4v) is 3.96. The molecule has 2 saturated heterocycles. The Hall–Kier alpha value is -2.08. The average molecular weight is 344 g/mol. The van der Waals surface area contributed by atoms with Crippen molar-refractivity contribution in [3.63, 3.8) is 0 Å². The molecule has 2 aliphatic heterocycles. The van der Waals surface area contributed by atoms with E-state index in [1.165, 1.54) is 0 Å². The van der Waals surface area contributed by atoms with Gasteiger partial charge in [0.25, 0.3) is 0 Å². The van der Waals surface area contributed by atoms with Gasteiger partial charge in [-0.15, -0.1) is 0 Å². The third-order valence-electron chi connectivity index (χ3n) is 5.10. The van der Waals surface area contributed by atoms with Gasteiger partial charge in [-0.3, -0.25) is 9.69 Å². The Morgan fingerprint density at radius 3 is 2.52 bits per heavy atom. The molecule has 136 valence electrons. The Bertz CT molecular complexity index is 626. The SMILES string of the molecule is CC(C)NC(=O)C1CC2(CN(C(=O)NCc3ccccc3)C2)CN1C. The van der Waals surface area contributed by atoms with Crippen molar-refractivity contribution >= 4 is 11.9 Å². The number of rotatable bonds is 4. The first-order valence-corrected chi connectivity index (χ1v) is 8.96. The van der Waals surface area contributed by atoms with Crippen molar-refractivity contribution in [2.45, 2.75) is 38.9 Å². The van der Waals surface area contributed by atoms with Crippen LogP contribution in [0.5, 0.6) is 0 Å². The van der Waals surface area contributed by atoms with E-state index in [1.54, 1.807) is 0 Å². The van der Waals surface area contributed by atoms with Crippen molar-refractivity contribution in [3.8, 4) is 0 Å². The highest BCUT2D eigenvalue weighted by atomic mass is 16.2. The summed E-state index contributed by atoms with van der Waals surface area (Å²) >= 11 is 0. The Balaban J connectivity index is 1.48. The minimum absolute atomic E-state index is 0.0211. The predicted octanol–water partition coefficient (Wildman–Crippen LogP) is 1.43. The number of carbonyl (C=O) groups excluding carboxylic acids is 2.